The van der Waals surface area contributed by atoms with Gasteiger partial charge in [-0.3, -0.25) is 39.1 Å². The number of alkyl halides is 3. The van der Waals surface area contributed by atoms with E-state index in [9.17, 15) is 42.3 Å². The quantitative estimate of drug-likeness (QED) is 0.346. The number of nitrogens with one attached hydrogen (secondary N) is 2. The van der Waals surface area contributed by atoms with E-state index in [1.807, 2.05) is 11.0 Å². The van der Waals surface area contributed by atoms with Crippen LogP contribution in [0.3, 0.4) is 0 Å². The summed E-state index contributed by atoms with van der Waals surface area (Å²) < 4.78 is 40.0. The minimum absolute atomic E-state index is 0.00632. The molecule has 51 heavy (non-hydrogen) atoms. The van der Waals surface area contributed by atoms with Crippen LogP contribution in [0.4, 0.5) is 24.5 Å². The van der Waals surface area contributed by atoms with E-state index in [2.05, 4.69) is 20.4 Å². The van der Waals surface area contributed by atoms with Crippen LogP contribution in [-0.2, 0) is 20.6 Å². The lowest BCUT2D eigenvalue weighted by Crippen LogP contribution is -2.55. The Morgan fingerprint density at radius 2 is 1.61 bits per heavy atom. The van der Waals surface area contributed by atoms with Crippen molar-refractivity contribution in [3.63, 3.8) is 0 Å². The number of aliphatic hydroxyl groups is 1. The number of hydrogen-bond acceptors (Lipinski definition) is 10. The van der Waals surface area contributed by atoms with Crippen molar-refractivity contribution in [2.75, 3.05) is 62.6 Å². The third-order valence-electron chi connectivity index (χ3n) is 10.1. The van der Waals surface area contributed by atoms with E-state index in [0.29, 0.717) is 38.2 Å². The number of carbonyl (C=O) groups is 5. The maximum absolute atomic E-state index is 13.3. The molecule has 3 saturated heterocycles. The summed E-state index contributed by atoms with van der Waals surface area (Å²) in [5.74, 6) is -2.56. The molecule has 5 amide bonds. The lowest BCUT2D eigenvalue weighted by molar-refractivity contribution is -0.138. The summed E-state index contributed by atoms with van der Waals surface area (Å²) >= 11 is 0. The van der Waals surface area contributed by atoms with Gasteiger partial charge in [0.2, 0.25) is 11.8 Å². The fourth-order valence-corrected chi connectivity index (χ4v) is 7.25. The molecule has 3 N–H and O–H groups in total. The van der Waals surface area contributed by atoms with Gasteiger partial charge in [-0.2, -0.15) is 18.4 Å². The van der Waals surface area contributed by atoms with Crippen LogP contribution in [-0.4, -0.2) is 113 Å². The first-order chi connectivity index (χ1) is 24.1. The number of amides is 5. The average molecular weight is 710 g/mol. The van der Waals surface area contributed by atoms with Crippen LogP contribution in [0.1, 0.15) is 64.4 Å². The van der Waals surface area contributed by atoms with Gasteiger partial charge in [0.25, 0.3) is 17.7 Å². The second-order valence-electron chi connectivity index (χ2n) is 13.8. The number of fused-ring (bicyclic) bond motifs is 1. The van der Waals surface area contributed by atoms with E-state index in [1.165, 1.54) is 19.1 Å². The molecule has 270 valence electrons. The zero-order valence-electron chi connectivity index (χ0n) is 28.0. The Bertz CT molecular complexity index is 1790. The number of benzene rings is 2. The molecule has 0 aromatic heterocycles. The second-order valence-corrected chi connectivity index (χ2v) is 13.8. The van der Waals surface area contributed by atoms with Crippen molar-refractivity contribution in [1.29, 1.82) is 5.26 Å². The monoisotopic (exact) mass is 709 g/mol. The van der Waals surface area contributed by atoms with Crippen molar-refractivity contribution in [2.45, 2.75) is 50.4 Å². The first kappa shape index (κ1) is 36.0. The van der Waals surface area contributed by atoms with Gasteiger partial charge < -0.3 is 20.2 Å². The number of rotatable bonds is 8. The fraction of sp³-hybridized carbons (Fsp3) is 0.486. The molecule has 2 aromatic rings. The van der Waals surface area contributed by atoms with E-state index >= 15 is 0 Å². The summed E-state index contributed by atoms with van der Waals surface area (Å²) in [6.45, 7) is 6.31. The summed E-state index contributed by atoms with van der Waals surface area (Å²) in [4.78, 5) is 70.5. The number of nitrogens with zero attached hydrogens (tertiary/aromatic N) is 5. The number of halogens is 3. The molecule has 2 unspecified atom stereocenters. The summed E-state index contributed by atoms with van der Waals surface area (Å²) in [6.07, 6.45) is -2.80. The normalized spacial score (nSPS) is 22.0. The van der Waals surface area contributed by atoms with Crippen molar-refractivity contribution in [2.24, 2.45) is 5.92 Å². The molecule has 16 heteroatoms. The number of carbonyl (C=O) groups excluding carboxylic acids is 5. The topological polar surface area (TPSA) is 166 Å². The Hall–Kier alpha value is -4.85. The third kappa shape index (κ3) is 7.60. The highest BCUT2D eigenvalue weighted by Gasteiger charge is 2.45. The predicted molar refractivity (Wildman–Crippen MR) is 176 cm³/mol. The summed E-state index contributed by atoms with van der Waals surface area (Å²) in [5, 5.41) is 24.5. The summed E-state index contributed by atoms with van der Waals surface area (Å²) in [5.41, 5.74) is -2.45. The van der Waals surface area contributed by atoms with Crippen molar-refractivity contribution in [3.05, 3.63) is 58.7 Å². The van der Waals surface area contributed by atoms with Crippen molar-refractivity contribution in [1.82, 2.24) is 20.0 Å². The Balaban J connectivity index is 0.961. The second kappa shape index (κ2) is 14.0. The zero-order chi connectivity index (χ0) is 36.7. The lowest BCUT2D eigenvalue weighted by Gasteiger charge is -2.40. The molecule has 13 nitrogen and oxygen atoms in total. The van der Waals surface area contributed by atoms with Crippen LogP contribution in [0.5, 0.6) is 0 Å². The SMILES string of the molecule is CC(O)(CN1CCN(CC2CCN(c3ccc4c(c3)C(=O)N(C3CCC(=O)NC3=O)C4=O)CC2)CC1)C(=O)Nc1ccc(C#N)c(C(F)(F)F)c1. The van der Waals surface area contributed by atoms with Gasteiger partial charge in [-0.05, 0) is 68.5 Å². The molecule has 6 rings (SSSR count). The first-order valence-electron chi connectivity index (χ1n) is 16.8. The number of piperazine rings is 1. The third-order valence-corrected chi connectivity index (χ3v) is 10.1. The summed E-state index contributed by atoms with van der Waals surface area (Å²) in [6, 6.07) is 8.49. The molecular formula is C35H38F3N7O6. The average Bonchev–Trinajstić information content (AvgIpc) is 3.33. The number of piperidine rings is 2. The standard InChI is InChI=1S/C35H38F3N7O6/c1-34(51,33(50)40-23-3-2-22(18-39)27(16-23)35(36,37)38)20-43-14-12-42(13-15-43)19-21-8-10-44(11-9-21)24-4-5-25-26(17-24)32(49)45(31(25)48)28-6-7-29(46)41-30(28)47/h2-5,16-17,21,28,51H,6-15,19-20H2,1H3,(H,40,50)(H,41,46,47). The van der Waals surface area contributed by atoms with Crippen LogP contribution >= 0.6 is 0 Å². The largest absolute Gasteiger partial charge is 0.417 e. The summed E-state index contributed by atoms with van der Waals surface area (Å²) in [7, 11) is 0. The number of imide groups is 2. The molecule has 0 bridgehead atoms. The van der Waals surface area contributed by atoms with Crippen molar-refractivity contribution >= 4 is 40.9 Å². The first-order valence-corrected chi connectivity index (χ1v) is 16.8. The van der Waals surface area contributed by atoms with Gasteiger partial charge in [0, 0.05) is 70.2 Å². The maximum atomic E-state index is 13.3. The van der Waals surface area contributed by atoms with E-state index < -0.39 is 58.5 Å². The van der Waals surface area contributed by atoms with Crippen molar-refractivity contribution < 1.29 is 42.3 Å². The number of nitriles is 1. The van der Waals surface area contributed by atoms with E-state index in [1.54, 1.807) is 12.1 Å². The molecule has 4 aliphatic rings. The van der Waals surface area contributed by atoms with Crippen LogP contribution in [0.15, 0.2) is 36.4 Å². The highest BCUT2D eigenvalue weighted by atomic mass is 19.4. The van der Waals surface area contributed by atoms with Gasteiger partial charge >= 0.3 is 6.18 Å². The zero-order valence-corrected chi connectivity index (χ0v) is 28.0. The van der Waals surface area contributed by atoms with E-state index in [-0.39, 0.29) is 36.2 Å². The predicted octanol–water partition coefficient (Wildman–Crippen LogP) is 2.20. The molecular weight excluding hydrogens is 671 g/mol. The van der Waals surface area contributed by atoms with Gasteiger partial charge in [0.1, 0.15) is 6.04 Å². The Morgan fingerprint density at radius 3 is 2.25 bits per heavy atom. The smallest absolute Gasteiger partial charge is 0.379 e. The van der Waals surface area contributed by atoms with Crippen LogP contribution in [0, 0.1) is 17.2 Å². The number of β-amino-alcohol motifs (C(OH)–C–C–N with tert-alkyl or cyclic N) is 1. The van der Waals surface area contributed by atoms with Gasteiger partial charge in [-0.15, -0.1) is 0 Å². The molecule has 0 aliphatic carbocycles. The Kier molecular flexibility index (Phi) is 9.90. The molecule has 2 aromatic carbocycles. The van der Waals surface area contributed by atoms with Gasteiger partial charge in [0.15, 0.2) is 5.60 Å². The highest BCUT2D eigenvalue weighted by Crippen LogP contribution is 2.35. The maximum Gasteiger partial charge on any atom is 0.417 e. The van der Waals surface area contributed by atoms with Crippen LogP contribution < -0.4 is 15.5 Å². The molecule has 2 atom stereocenters. The molecule has 4 heterocycles. The van der Waals surface area contributed by atoms with Crippen LogP contribution in [0.25, 0.3) is 0 Å². The van der Waals surface area contributed by atoms with Gasteiger partial charge in [0.05, 0.1) is 28.3 Å². The molecule has 3 fully saturated rings. The number of anilines is 2. The molecule has 0 spiro atoms. The van der Waals surface area contributed by atoms with E-state index in [4.69, 9.17) is 5.26 Å². The van der Waals surface area contributed by atoms with Gasteiger partial charge in [-0.1, -0.05) is 0 Å². The van der Waals surface area contributed by atoms with Crippen molar-refractivity contribution in [3.8, 4) is 6.07 Å². The van der Waals surface area contributed by atoms with Gasteiger partial charge in [-0.25, -0.2) is 0 Å². The Labute approximate surface area is 291 Å². The lowest BCUT2D eigenvalue weighted by atomic mass is 9.95. The molecule has 4 aliphatic heterocycles. The fourth-order valence-electron chi connectivity index (χ4n) is 7.25. The minimum Gasteiger partial charge on any atom is -0.379 e. The molecule has 0 radical (unpaired) electrons. The molecule has 0 saturated carbocycles. The van der Waals surface area contributed by atoms with E-state index in [0.717, 1.165) is 49.1 Å². The highest BCUT2D eigenvalue weighted by molar-refractivity contribution is 6.23. The minimum atomic E-state index is -4.78. The Morgan fingerprint density at radius 1 is 0.941 bits per heavy atom. The van der Waals surface area contributed by atoms with Crippen LogP contribution in [0.2, 0.25) is 0 Å². The number of hydrogen-bond donors (Lipinski definition) is 3.